The van der Waals surface area contributed by atoms with Gasteiger partial charge in [0.15, 0.2) is 0 Å². The lowest BCUT2D eigenvalue weighted by Gasteiger charge is -2.39. The second-order valence-corrected chi connectivity index (χ2v) is 11.4. The van der Waals surface area contributed by atoms with E-state index >= 15 is 0 Å². The first-order valence-electron chi connectivity index (χ1n) is 13.1. The molecule has 0 aliphatic carbocycles. The van der Waals surface area contributed by atoms with E-state index in [-0.39, 0.29) is 29.0 Å². The van der Waals surface area contributed by atoms with Crippen LogP contribution in [0.3, 0.4) is 0 Å². The van der Waals surface area contributed by atoms with Crippen LogP contribution in [0, 0.1) is 24.1 Å². The Kier molecular flexibility index (Phi) is 8.07. The minimum absolute atomic E-state index is 0.0258. The van der Waals surface area contributed by atoms with E-state index in [4.69, 9.17) is 17.0 Å². The number of amides is 1. The highest BCUT2D eigenvalue weighted by molar-refractivity contribution is 8.26. The molecule has 0 N–H and O–H groups in total. The zero-order valence-corrected chi connectivity index (χ0v) is 23.6. The maximum atomic E-state index is 14.4. The summed E-state index contributed by atoms with van der Waals surface area (Å²) < 4.78 is 22.2. The second kappa shape index (κ2) is 11.5. The van der Waals surface area contributed by atoms with Crippen LogP contribution in [0.25, 0.3) is 6.08 Å². The molecule has 4 heterocycles. The first-order chi connectivity index (χ1) is 18.8. The van der Waals surface area contributed by atoms with Crippen LogP contribution >= 0.6 is 24.0 Å². The lowest BCUT2D eigenvalue weighted by molar-refractivity contribution is -0.123. The van der Waals surface area contributed by atoms with E-state index in [0.717, 1.165) is 12.8 Å². The van der Waals surface area contributed by atoms with Crippen LogP contribution in [-0.2, 0) is 16.1 Å². The van der Waals surface area contributed by atoms with Gasteiger partial charge >= 0.3 is 0 Å². The van der Waals surface area contributed by atoms with Gasteiger partial charge in [0.1, 0.15) is 27.6 Å². The molecule has 39 heavy (non-hydrogen) atoms. The quantitative estimate of drug-likeness (QED) is 0.384. The minimum Gasteiger partial charge on any atom is -0.376 e. The molecule has 1 amide bonds. The van der Waals surface area contributed by atoms with Crippen LogP contribution < -0.4 is 15.4 Å². The average molecular weight is 568 g/mol. The number of hydrogen-bond donors (Lipinski definition) is 0. The summed E-state index contributed by atoms with van der Waals surface area (Å²) in [6.45, 7) is 7.28. The predicted molar refractivity (Wildman–Crippen MR) is 156 cm³/mol. The van der Waals surface area contributed by atoms with Gasteiger partial charge in [-0.15, -0.1) is 0 Å². The summed E-state index contributed by atoms with van der Waals surface area (Å²) in [5.74, 6) is 0.205. The van der Waals surface area contributed by atoms with E-state index in [1.54, 1.807) is 34.6 Å². The SMILES string of the molecule is CCn1c(N2CCN(c3ccccc3F)CC2)c(/C=C2\SC(=S)N(CC3CCCO3)C2=O)c(C)c(C#N)c1=O. The van der Waals surface area contributed by atoms with E-state index in [2.05, 4.69) is 11.0 Å². The van der Waals surface area contributed by atoms with Crippen molar-refractivity contribution < 1.29 is 13.9 Å². The van der Waals surface area contributed by atoms with Crippen LogP contribution in [0.4, 0.5) is 15.9 Å². The van der Waals surface area contributed by atoms with Crippen LogP contribution in [0.5, 0.6) is 0 Å². The van der Waals surface area contributed by atoms with Gasteiger partial charge in [0.2, 0.25) is 0 Å². The number of aromatic nitrogens is 1. The Hall–Kier alpha value is -3.20. The predicted octanol–water partition coefficient (Wildman–Crippen LogP) is 3.89. The number of carbonyl (C=O) groups excluding carboxylic acids is 1. The van der Waals surface area contributed by atoms with Crippen molar-refractivity contribution in [1.82, 2.24) is 9.47 Å². The molecule has 1 atom stereocenters. The molecule has 0 bridgehead atoms. The number of nitrogens with zero attached hydrogens (tertiary/aromatic N) is 5. The maximum absolute atomic E-state index is 14.4. The third-order valence-corrected chi connectivity index (χ3v) is 8.87. The number of rotatable bonds is 6. The highest BCUT2D eigenvalue weighted by atomic mass is 32.2. The largest absolute Gasteiger partial charge is 0.376 e. The molecule has 2 aromatic rings. The molecule has 11 heteroatoms. The number of thiocarbonyl (C=S) groups is 1. The van der Waals surface area contributed by atoms with Crippen molar-refractivity contribution in [3.63, 3.8) is 0 Å². The number of pyridine rings is 1. The molecule has 3 aliphatic rings. The number of carbonyl (C=O) groups is 1. The first-order valence-corrected chi connectivity index (χ1v) is 14.3. The zero-order chi connectivity index (χ0) is 27.7. The van der Waals surface area contributed by atoms with Crippen LogP contribution in [-0.4, -0.2) is 65.1 Å². The normalized spacial score (nSPS) is 20.8. The molecule has 0 radical (unpaired) electrons. The summed E-state index contributed by atoms with van der Waals surface area (Å²) in [7, 11) is 0. The number of hydrogen-bond acceptors (Lipinski definition) is 8. The molecule has 204 valence electrons. The highest BCUT2D eigenvalue weighted by Gasteiger charge is 2.36. The van der Waals surface area contributed by atoms with Crippen molar-refractivity contribution in [3.05, 3.63) is 62.0 Å². The van der Waals surface area contributed by atoms with Crippen molar-refractivity contribution >= 4 is 51.8 Å². The number of nitriles is 1. The van der Waals surface area contributed by atoms with E-state index in [1.807, 2.05) is 17.9 Å². The van der Waals surface area contributed by atoms with Gasteiger partial charge in [-0.3, -0.25) is 19.1 Å². The van der Waals surface area contributed by atoms with Crippen molar-refractivity contribution in [2.24, 2.45) is 0 Å². The van der Waals surface area contributed by atoms with Gasteiger partial charge in [-0.2, -0.15) is 5.26 Å². The highest BCUT2D eigenvalue weighted by Crippen LogP contribution is 2.37. The van der Waals surface area contributed by atoms with Crippen LogP contribution in [0.2, 0.25) is 0 Å². The van der Waals surface area contributed by atoms with Gasteiger partial charge in [-0.05, 0) is 50.5 Å². The molecule has 1 aromatic carbocycles. The number of halogens is 1. The maximum Gasteiger partial charge on any atom is 0.270 e. The number of piperazine rings is 1. The van der Waals surface area contributed by atoms with Gasteiger partial charge in [0, 0.05) is 44.9 Å². The molecule has 3 fully saturated rings. The molecule has 1 unspecified atom stereocenters. The molecule has 3 saturated heterocycles. The molecule has 3 aliphatic heterocycles. The van der Waals surface area contributed by atoms with E-state index in [9.17, 15) is 19.2 Å². The van der Waals surface area contributed by atoms with Crippen LogP contribution in [0.15, 0.2) is 34.0 Å². The summed E-state index contributed by atoms with van der Waals surface area (Å²) in [5.41, 5.74) is 1.45. The molecule has 0 spiro atoms. The Balaban J connectivity index is 1.51. The summed E-state index contributed by atoms with van der Waals surface area (Å²) in [6.07, 6.45) is 3.61. The van der Waals surface area contributed by atoms with Crippen molar-refractivity contribution in [2.75, 3.05) is 49.1 Å². The molecule has 5 rings (SSSR count). The van der Waals surface area contributed by atoms with Gasteiger partial charge in [-0.25, -0.2) is 4.39 Å². The topological polar surface area (TPSA) is 81.8 Å². The monoisotopic (exact) mass is 567 g/mol. The second-order valence-electron chi connectivity index (χ2n) is 9.75. The Bertz CT molecular complexity index is 1440. The molecular weight excluding hydrogens is 537 g/mol. The van der Waals surface area contributed by atoms with Crippen molar-refractivity contribution in [3.8, 4) is 6.07 Å². The fraction of sp³-hybridized carbons (Fsp3) is 0.429. The third-order valence-electron chi connectivity index (χ3n) is 7.49. The molecule has 1 aromatic heterocycles. The Morgan fingerprint density at radius 1 is 1.21 bits per heavy atom. The molecule has 8 nitrogen and oxygen atoms in total. The summed E-state index contributed by atoms with van der Waals surface area (Å²) in [4.78, 5) is 32.9. The zero-order valence-electron chi connectivity index (χ0n) is 22.0. The average Bonchev–Trinajstić information content (AvgIpc) is 3.55. The minimum atomic E-state index is -0.355. The van der Waals surface area contributed by atoms with Gasteiger partial charge < -0.3 is 14.5 Å². The first kappa shape index (κ1) is 27.4. The third kappa shape index (κ3) is 5.21. The number of thioether (sulfide) groups is 1. The summed E-state index contributed by atoms with van der Waals surface area (Å²) >= 11 is 6.77. The summed E-state index contributed by atoms with van der Waals surface area (Å²) in [5, 5.41) is 9.83. The number of para-hydroxylation sites is 1. The standard InChI is InChI=1S/C28H30FN5O3S2/c1-3-33-25(32-12-10-31(11-13-32)23-9-5-4-8-22(23)29)20(18(2)21(16-30)26(33)35)15-24-27(36)34(28(38)39-24)17-19-7-6-14-37-19/h4-5,8-9,15,19H,3,6-7,10-14,17H2,1-2H3/b24-15-. The van der Waals surface area contributed by atoms with Crippen molar-refractivity contribution in [1.29, 1.82) is 5.26 Å². The molecule has 0 saturated carbocycles. The van der Waals surface area contributed by atoms with Crippen LogP contribution in [0.1, 0.15) is 36.5 Å². The van der Waals surface area contributed by atoms with Crippen molar-refractivity contribution in [2.45, 2.75) is 39.3 Å². The fourth-order valence-electron chi connectivity index (χ4n) is 5.43. The lowest BCUT2D eigenvalue weighted by Crippen LogP contribution is -2.49. The van der Waals surface area contributed by atoms with Gasteiger partial charge in [-0.1, -0.05) is 36.1 Å². The smallest absolute Gasteiger partial charge is 0.270 e. The number of anilines is 2. The number of benzene rings is 1. The van der Waals surface area contributed by atoms with Gasteiger partial charge in [0.05, 0.1) is 23.2 Å². The lowest BCUT2D eigenvalue weighted by atomic mass is 10.0. The van der Waals surface area contributed by atoms with Gasteiger partial charge in [0.25, 0.3) is 11.5 Å². The van der Waals surface area contributed by atoms with E-state index in [1.165, 1.54) is 17.8 Å². The summed E-state index contributed by atoms with van der Waals surface area (Å²) in [6, 6.07) is 8.78. The molecular formula is C28H30FN5O3S2. The Morgan fingerprint density at radius 3 is 2.56 bits per heavy atom. The van der Waals surface area contributed by atoms with E-state index in [0.29, 0.717) is 77.7 Å². The Morgan fingerprint density at radius 2 is 1.92 bits per heavy atom. The van der Waals surface area contributed by atoms with E-state index < -0.39 is 0 Å². The fourth-order valence-corrected chi connectivity index (χ4v) is 6.68. The number of ether oxygens (including phenoxy) is 1. The Labute approximate surface area is 236 Å².